The van der Waals surface area contributed by atoms with Gasteiger partial charge in [-0.15, -0.1) is 0 Å². The van der Waals surface area contributed by atoms with Crippen LogP contribution in [0.15, 0.2) is 54.7 Å². The number of hydrogen-bond donors (Lipinski definition) is 3. The van der Waals surface area contributed by atoms with E-state index in [9.17, 15) is 14.4 Å². The van der Waals surface area contributed by atoms with Gasteiger partial charge in [-0.2, -0.15) is 5.10 Å². The summed E-state index contributed by atoms with van der Waals surface area (Å²) in [5.41, 5.74) is 4.61. The van der Waals surface area contributed by atoms with Crippen molar-refractivity contribution in [1.29, 1.82) is 0 Å². The molecule has 0 spiro atoms. The van der Waals surface area contributed by atoms with Gasteiger partial charge in [0.2, 0.25) is 0 Å². The zero-order valence-corrected chi connectivity index (χ0v) is 17.4. The zero-order valence-electron chi connectivity index (χ0n) is 17.4. The van der Waals surface area contributed by atoms with E-state index < -0.39 is 18.0 Å². The van der Waals surface area contributed by atoms with Gasteiger partial charge in [-0.05, 0) is 22.3 Å². The fourth-order valence-corrected chi connectivity index (χ4v) is 3.86. The highest BCUT2D eigenvalue weighted by Crippen LogP contribution is 2.44. The molecule has 2 amide bonds. The number of hydrogen-bond acceptors (Lipinski definition) is 5. The van der Waals surface area contributed by atoms with Gasteiger partial charge in [-0.1, -0.05) is 48.5 Å². The molecular formula is C23H22N4O5. The molecule has 4 rings (SSSR count). The molecule has 0 atom stereocenters. The van der Waals surface area contributed by atoms with Gasteiger partial charge in [0.05, 0.1) is 12.1 Å². The van der Waals surface area contributed by atoms with Gasteiger partial charge in [-0.3, -0.25) is 19.6 Å². The van der Waals surface area contributed by atoms with E-state index in [1.54, 1.807) is 7.05 Å². The maximum Gasteiger partial charge on any atom is 0.411 e. The summed E-state index contributed by atoms with van der Waals surface area (Å²) in [5.74, 6) is -1.69. The number of carboxylic acid groups (broad SMARTS) is 1. The van der Waals surface area contributed by atoms with Crippen molar-refractivity contribution in [3.63, 3.8) is 0 Å². The number of aromatic nitrogens is 2. The van der Waals surface area contributed by atoms with Crippen LogP contribution in [-0.4, -0.2) is 46.0 Å². The standard InChI is InChI=1S/C23H22N4O5/c1-27-12-19(21(26-27)22(30)24-11-10-20(28)29)25-23(31)32-13-18-16-8-4-2-6-14(16)15-7-3-5-9-17(15)18/h2-9,12,18H,10-11,13H2,1H3,(H,24,30)(H,25,31)(H,28,29). The fourth-order valence-electron chi connectivity index (χ4n) is 3.86. The van der Waals surface area contributed by atoms with Crippen LogP contribution in [0.25, 0.3) is 11.1 Å². The van der Waals surface area contributed by atoms with E-state index in [1.165, 1.54) is 10.9 Å². The molecule has 3 N–H and O–H groups in total. The number of anilines is 1. The molecule has 1 aromatic heterocycles. The highest BCUT2D eigenvalue weighted by Gasteiger charge is 2.29. The van der Waals surface area contributed by atoms with Crippen LogP contribution in [0.5, 0.6) is 0 Å². The average Bonchev–Trinajstić information content (AvgIpc) is 3.29. The number of amides is 2. The monoisotopic (exact) mass is 434 g/mol. The number of carbonyl (C=O) groups excluding carboxylic acids is 2. The van der Waals surface area contributed by atoms with E-state index in [4.69, 9.17) is 9.84 Å². The Bertz CT molecular complexity index is 1140. The highest BCUT2D eigenvalue weighted by atomic mass is 16.5. The SMILES string of the molecule is Cn1cc(NC(=O)OCC2c3ccccc3-c3ccccc32)c(C(=O)NCCC(=O)O)n1. The fraction of sp³-hybridized carbons (Fsp3) is 0.217. The lowest BCUT2D eigenvalue weighted by molar-refractivity contribution is -0.136. The molecular weight excluding hydrogens is 412 g/mol. The first kappa shape index (κ1) is 21.1. The second kappa shape index (κ2) is 8.93. The number of aliphatic carboxylic acids is 1. The summed E-state index contributed by atoms with van der Waals surface area (Å²) in [5, 5.41) is 17.8. The number of carbonyl (C=O) groups is 3. The van der Waals surface area contributed by atoms with E-state index in [0.29, 0.717) is 0 Å². The van der Waals surface area contributed by atoms with Crippen LogP contribution in [0.3, 0.4) is 0 Å². The van der Waals surface area contributed by atoms with Crippen LogP contribution in [0.2, 0.25) is 0 Å². The van der Waals surface area contributed by atoms with Gasteiger partial charge in [-0.25, -0.2) is 4.79 Å². The van der Waals surface area contributed by atoms with Crippen molar-refractivity contribution >= 4 is 23.7 Å². The molecule has 2 aromatic carbocycles. The van der Waals surface area contributed by atoms with Gasteiger partial charge in [0.1, 0.15) is 6.61 Å². The molecule has 32 heavy (non-hydrogen) atoms. The van der Waals surface area contributed by atoms with Gasteiger partial charge < -0.3 is 15.2 Å². The third-order valence-corrected chi connectivity index (χ3v) is 5.25. The van der Waals surface area contributed by atoms with Crippen LogP contribution >= 0.6 is 0 Å². The topological polar surface area (TPSA) is 123 Å². The van der Waals surface area contributed by atoms with Crippen LogP contribution < -0.4 is 10.6 Å². The molecule has 0 unspecified atom stereocenters. The Labute approximate surface area is 184 Å². The predicted octanol–water partition coefficient (Wildman–Crippen LogP) is 2.99. The van der Waals surface area contributed by atoms with E-state index in [-0.39, 0.29) is 36.9 Å². The number of nitrogens with zero attached hydrogens (tertiary/aromatic N) is 2. The molecule has 1 heterocycles. The predicted molar refractivity (Wildman–Crippen MR) is 116 cm³/mol. The molecule has 0 saturated carbocycles. The summed E-state index contributed by atoms with van der Waals surface area (Å²) in [4.78, 5) is 35.4. The quantitative estimate of drug-likeness (QED) is 0.525. The van der Waals surface area contributed by atoms with Crippen LogP contribution in [0.1, 0.15) is 34.0 Å². The lowest BCUT2D eigenvalue weighted by Crippen LogP contribution is -2.28. The molecule has 0 bridgehead atoms. The minimum Gasteiger partial charge on any atom is -0.481 e. The molecule has 9 nitrogen and oxygen atoms in total. The van der Waals surface area contributed by atoms with Crippen molar-refractivity contribution in [2.75, 3.05) is 18.5 Å². The van der Waals surface area contributed by atoms with Crippen LogP contribution in [0.4, 0.5) is 10.5 Å². The Balaban J connectivity index is 1.42. The number of carboxylic acids is 1. The summed E-state index contributed by atoms with van der Waals surface area (Å²) >= 11 is 0. The smallest absolute Gasteiger partial charge is 0.411 e. The minimum atomic E-state index is -1.02. The van der Waals surface area contributed by atoms with Crippen LogP contribution in [-0.2, 0) is 16.6 Å². The minimum absolute atomic E-state index is 0.0219. The highest BCUT2D eigenvalue weighted by molar-refractivity contribution is 6.01. The van der Waals surface area contributed by atoms with Crippen molar-refractivity contribution in [1.82, 2.24) is 15.1 Å². The molecule has 164 valence electrons. The number of rotatable bonds is 7. The van der Waals surface area contributed by atoms with E-state index in [0.717, 1.165) is 22.3 Å². The Morgan fingerprint density at radius 1 is 1.06 bits per heavy atom. The Morgan fingerprint density at radius 3 is 2.31 bits per heavy atom. The zero-order chi connectivity index (χ0) is 22.7. The lowest BCUT2D eigenvalue weighted by Gasteiger charge is -2.14. The van der Waals surface area contributed by atoms with Gasteiger partial charge in [0.15, 0.2) is 5.69 Å². The second-order valence-corrected chi connectivity index (χ2v) is 7.42. The lowest BCUT2D eigenvalue weighted by atomic mass is 9.98. The Kier molecular flexibility index (Phi) is 5.89. The summed E-state index contributed by atoms with van der Waals surface area (Å²) in [7, 11) is 1.61. The van der Waals surface area contributed by atoms with Crippen molar-refractivity contribution in [3.05, 3.63) is 71.5 Å². The number of benzene rings is 2. The first-order valence-electron chi connectivity index (χ1n) is 10.1. The van der Waals surface area contributed by atoms with Gasteiger partial charge in [0.25, 0.3) is 5.91 Å². The molecule has 0 radical (unpaired) electrons. The molecule has 9 heteroatoms. The maximum absolute atomic E-state index is 12.5. The first-order valence-corrected chi connectivity index (χ1v) is 10.1. The maximum atomic E-state index is 12.5. The van der Waals surface area contributed by atoms with E-state index in [1.807, 2.05) is 36.4 Å². The first-order chi connectivity index (χ1) is 15.4. The molecule has 1 aliphatic rings. The van der Waals surface area contributed by atoms with Gasteiger partial charge >= 0.3 is 12.1 Å². The summed E-state index contributed by atoms with van der Waals surface area (Å²) < 4.78 is 6.88. The third kappa shape index (κ3) is 4.31. The van der Waals surface area contributed by atoms with E-state index in [2.05, 4.69) is 27.9 Å². The summed E-state index contributed by atoms with van der Waals surface area (Å²) in [6, 6.07) is 16.1. The number of nitrogens with one attached hydrogen (secondary N) is 2. The molecule has 3 aromatic rings. The number of fused-ring (bicyclic) bond motifs is 3. The second-order valence-electron chi connectivity index (χ2n) is 7.42. The average molecular weight is 434 g/mol. The summed E-state index contributed by atoms with van der Waals surface area (Å²) in [6.07, 6.45) is 0.556. The molecule has 0 saturated heterocycles. The van der Waals surface area contributed by atoms with Crippen molar-refractivity contribution in [2.24, 2.45) is 7.05 Å². The van der Waals surface area contributed by atoms with E-state index >= 15 is 0 Å². The Morgan fingerprint density at radius 2 is 1.69 bits per heavy atom. The van der Waals surface area contributed by atoms with Crippen molar-refractivity contribution in [3.8, 4) is 11.1 Å². The summed E-state index contributed by atoms with van der Waals surface area (Å²) in [6.45, 7) is 0.0926. The number of ether oxygens (including phenoxy) is 1. The van der Waals surface area contributed by atoms with Crippen LogP contribution in [0, 0.1) is 0 Å². The molecule has 1 aliphatic carbocycles. The van der Waals surface area contributed by atoms with Crippen molar-refractivity contribution < 1.29 is 24.2 Å². The Hall–Kier alpha value is -4.14. The normalized spacial score (nSPS) is 12.0. The molecule has 0 fully saturated rings. The largest absolute Gasteiger partial charge is 0.481 e. The third-order valence-electron chi connectivity index (χ3n) is 5.25. The van der Waals surface area contributed by atoms with Crippen molar-refractivity contribution in [2.45, 2.75) is 12.3 Å². The van der Waals surface area contributed by atoms with Gasteiger partial charge in [0, 0.05) is 25.7 Å². The molecule has 0 aliphatic heterocycles. The number of aryl methyl sites for hydroxylation is 1.